The summed E-state index contributed by atoms with van der Waals surface area (Å²) in [4.78, 5) is 1.50. The third-order valence-electron chi connectivity index (χ3n) is 1.02. The third-order valence-corrected chi connectivity index (χ3v) is 2.48. The molecule has 0 aromatic carbocycles. The van der Waals surface area contributed by atoms with Crippen molar-refractivity contribution in [2.45, 2.75) is 11.8 Å². The molecule has 0 amide bonds. The summed E-state index contributed by atoms with van der Waals surface area (Å²) in [6.45, 7) is 0.388. The lowest BCUT2D eigenvalue weighted by molar-refractivity contribution is 0.107. The number of nitrogens with zero attached hydrogens (tertiary/aromatic N) is 3. The van der Waals surface area contributed by atoms with Crippen LogP contribution in [-0.2, 0) is 11.5 Å². The van der Waals surface area contributed by atoms with Gasteiger partial charge >= 0.3 is 0 Å². The van der Waals surface area contributed by atoms with E-state index in [9.17, 15) is 0 Å². The smallest absolute Gasteiger partial charge is 0.162 e. The topological polar surface area (TPSA) is 39.9 Å². The Morgan fingerprint density at radius 3 is 2.82 bits per heavy atom. The van der Waals surface area contributed by atoms with Crippen molar-refractivity contribution < 1.29 is 4.74 Å². The molecule has 0 N–H and O–H groups in total. The zero-order valence-electron chi connectivity index (χ0n) is 6.24. The number of hydrogen-bond donors (Lipinski definition) is 0. The Morgan fingerprint density at radius 2 is 2.36 bits per heavy atom. The molecular weight excluding hydrogens is 230 g/mol. The number of halogens is 1. The summed E-state index contributed by atoms with van der Waals surface area (Å²) in [6.07, 6.45) is 1.95. The van der Waals surface area contributed by atoms with Gasteiger partial charge in [0.25, 0.3) is 0 Å². The predicted octanol–water partition coefficient (Wildman–Crippen LogP) is 1.37. The number of methoxy groups -OCH3 is 1. The molecular formula is C5H8BrN3OS. The van der Waals surface area contributed by atoms with Gasteiger partial charge in [-0.15, -0.1) is 22.0 Å². The number of ether oxygens (including phenoxy) is 1. The molecule has 0 fully saturated rings. The van der Waals surface area contributed by atoms with Crippen LogP contribution in [0.25, 0.3) is 0 Å². The van der Waals surface area contributed by atoms with Crippen LogP contribution in [0.5, 0.6) is 0 Å². The van der Waals surface area contributed by atoms with Crippen molar-refractivity contribution in [2.24, 2.45) is 0 Å². The fourth-order valence-corrected chi connectivity index (χ4v) is 1.74. The van der Waals surface area contributed by atoms with E-state index in [0.717, 1.165) is 9.63 Å². The molecule has 0 saturated carbocycles. The number of hydrogen-bond acceptors (Lipinski definition) is 4. The first-order valence-corrected chi connectivity index (χ1v) is 4.93. The van der Waals surface area contributed by atoms with Crippen molar-refractivity contribution in [3.05, 3.63) is 4.60 Å². The Balaban J connectivity index is 2.77. The fourth-order valence-electron chi connectivity index (χ4n) is 0.611. The van der Waals surface area contributed by atoms with Crippen LogP contribution in [0.4, 0.5) is 0 Å². The van der Waals surface area contributed by atoms with Crippen LogP contribution in [0, 0.1) is 0 Å². The minimum Gasteiger partial charge on any atom is -0.361 e. The SMILES string of the molecule is COCn1nc(Br)c(SC)n1. The van der Waals surface area contributed by atoms with E-state index >= 15 is 0 Å². The maximum Gasteiger partial charge on any atom is 0.162 e. The van der Waals surface area contributed by atoms with Crippen molar-refractivity contribution in [2.75, 3.05) is 13.4 Å². The summed E-state index contributed by atoms with van der Waals surface area (Å²) >= 11 is 4.82. The molecule has 0 aliphatic heterocycles. The largest absolute Gasteiger partial charge is 0.361 e. The summed E-state index contributed by atoms with van der Waals surface area (Å²) in [5, 5.41) is 9.04. The molecule has 1 rings (SSSR count). The highest BCUT2D eigenvalue weighted by atomic mass is 79.9. The van der Waals surface area contributed by atoms with E-state index in [-0.39, 0.29) is 0 Å². The van der Waals surface area contributed by atoms with Gasteiger partial charge in [-0.05, 0) is 22.2 Å². The summed E-state index contributed by atoms with van der Waals surface area (Å²) in [5.74, 6) is 0. The summed E-state index contributed by atoms with van der Waals surface area (Å²) in [7, 11) is 1.61. The lowest BCUT2D eigenvalue weighted by Crippen LogP contribution is -2.03. The van der Waals surface area contributed by atoms with Crippen LogP contribution in [0.15, 0.2) is 9.63 Å². The second-order valence-corrected chi connectivity index (χ2v) is 3.34. The standard InChI is InChI=1S/C5H8BrN3OS/c1-10-3-9-7-4(6)5(8-9)11-2/h3H2,1-2H3. The molecule has 1 heterocycles. The second kappa shape index (κ2) is 4.08. The molecule has 0 spiro atoms. The van der Waals surface area contributed by atoms with Gasteiger partial charge in [0.1, 0.15) is 0 Å². The Kier molecular flexibility index (Phi) is 3.35. The maximum atomic E-state index is 4.85. The van der Waals surface area contributed by atoms with Crippen molar-refractivity contribution in [1.29, 1.82) is 0 Å². The molecule has 0 atom stereocenters. The van der Waals surface area contributed by atoms with E-state index in [1.165, 1.54) is 4.80 Å². The first-order chi connectivity index (χ1) is 5.27. The van der Waals surface area contributed by atoms with Crippen LogP contribution in [0.1, 0.15) is 0 Å². The molecule has 0 unspecified atom stereocenters. The van der Waals surface area contributed by atoms with E-state index in [4.69, 9.17) is 4.74 Å². The van der Waals surface area contributed by atoms with Crippen LogP contribution in [0.3, 0.4) is 0 Å². The zero-order valence-corrected chi connectivity index (χ0v) is 8.65. The van der Waals surface area contributed by atoms with Gasteiger partial charge in [-0.1, -0.05) is 0 Å². The van der Waals surface area contributed by atoms with Gasteiger partial charge in [0.2, 0.25) is 0 Å². The van der Waals surface area contributed by atoms with E-state index in [1.54, 1.807) is 18.9 Å². The van der Waals surface area contributed by atoms with E-state index < -0.39 is 0 Å². The molecule has 0 radical (unpaired) electrons. The minimum atomic E-state index is 0.388. The zero-order chi connectivity index (χ0) is 8.27. The highest BCUT2D eigenvalue weighted by Gasteiger charge is 2.05. The lowest BCUT2D eigenvalue weighted by Gasteiger charge is -1.93. The predicted molar refractivity (Wildman–Crippen MR) is 46.5 cm³/mol. The number of aromatic nitrogens is 3. The molecule has 0 aliphatic carbocycles. The highest BCUT2D eigenvalue weighted by Crippen LogP contribution is 2.20. The molecule has 4 nitrogen and oxygen atoms in total. The summed E-state index contributed by atoms with van der Waals surface area (Å²) in [6, 6.07) is 0. The van der Waals surface area contributed by atoms with Crippen LogP contribution in [-0.4, -0.2) is 28.4 Å². The van der Waals surface area contributed by atoms with Gasteiger partial charge in [0, 0.05) is 7.11 Å². The third kappa shape index (κ3) is 2.18. The quantitative estimate of drug-likeness (QED) is 0.745. The number of rotatable bonds is 3. The summed E-state index contributed by atoms with van der Waals surface area (Å²) in [5.41, 5.74) is 0. The molecule has 6 heteroatoms. The lowest BCUT2D eigenvalue weighted by atomic mass is 10.9. The van der Waals surface area contributed by atoms with Gasteiger partial charge in [-0.25, -0.2) is 0 Å². The van der Waals surface area contributed by atoms with Gasteiger partial charge in [0.15, 0.2) is 16.4 Å². The Labute approximate surface area is 77.4 Å². The molecule has 1 aromatic heterocycles. The average molecular weight is 238 g/mol. The number of thioether (sulfide) groups is 1. The Morgan fingerprint density at radius 1 is 1.64 bits per heavy atom. The molecule has 0 saturated heterocycles. The van der Waals surface area contributed by atoms with E-state index in [2.05, 4.69) is 26.1 Å². The monoisotopic (exact) mass is 237 g/mol. The van der Waals surface area contributed by atoms with Gasteiger partial charge in [-0.2, -0.15) is 4.80 Å². The fraction of sp³-hybridized carbons (Fsp3) is 0.600. The molecule has 1 aromatic rings. The van der Waals surface area contributed by atoms with E-state index in [0.29, 0.717) is 6.73 Å². The van der Waals surface area contributed by atoms with Crippen molar-refractivity contribution in [3.63, 3.8) is 0 Å². The highest BCUT2D eigenvalue weighted by molar-refractivity contribution is 9.10. The molecule has 0 bridgehead atoms. The Bertz CT molecular complexity index is 240. The first kappa shape index (κ1) is 9.02. The Hall–Kier alpha value is -0.0700. The van der Waals surface area contributed by atoms with Gasteiger partial charge in [-0.3, -0.25) is 0 Å². The van der Waals surface area contributed by atoms with Gasteiger partial charge < -0.3 is 4.74 Å². The first-order valence-electron chi connectivity index (χ1n) is 2.91. The van der Waals surface area contributed by atoms with Crippen molar-refractivity contribution >= 4 is 27.7 Å². The summed E-state index contributed by atoms with van der Waals surface area (Å²) < 4.78 is 5.61. The van der Waals surface area contributed by atoms with E-state index in [1.807, 2.05) is 6.26 Å². The minimum absolute atomic E-state index is 0.388. The van der Waals surface area contributed by atoms with Gasteiger partial charge in [0.05, 0.1) is 0 Å². The normalized spacial score (nSPS) is 10.5. The van der Waals surface area contributed by atoms with Crippen LogP contribution in [0.2, 0.25) is 0 Å². The maximum absolute atomic E-state index is 4.85. The van der Waals surface area contributed by atoms with Crippen LogP contribution >= 0.6 is 27.7 Å². The molecule has 0 aliphatic rings. The second-order valence-electron chi connectivity index (χ2n) is 1.79. The van der Waals surface area contributed by atoms with Crippen molar-refractivity contribution in [3.8, 4) is 0 Å². The molecule has 11 heavy (non-hydrogen) atoms. The molecule has 62 valence electrons. The van der Waals surface area contributed by atoms with Crippen molar-refractivity contribution in [1.82, 2.24) is 15.0 Å². The average Bonchev–Trinajstić information content (AvgIpc) is 2.32. The van der Waals surface area contributed by atoms with Crippen LogP contribution < -0.4 is 0 Å².